The van der Waals surface area contributed by atoms with E-state index < -0.39 is 0 Å². The van der Waals surface area contributed by atoms with Gasteiger partial charge in [-0.3, -0.25) is 4.98 Å². The molecule has 0 spiro atoms. The first kappa shape index (κ1) is 21.3. The average Bonchev–Trinajstić information content (AvgIpc) is 3.25. The molecule has 0 saturated carbocycles. The van der Waals surface area contributed by atoms with Crippen LogP contribution in [0.4, 0.5) is 0 Å². The lowest BCUT2D eigenvalue weighted by Gasteiger charge is -2.28. The standard InChI is InChI=1S/C24H28N4O2S/c1-16-15-20(17(2)28(16)18-8-10-19(29)11-9-18)23-22(21-7-4-5-12-25-21)26-24(31)27(23)13-6-14-30-3/h4-5,7-12,15,22-23,29H,6,13-14H2,1-3H3,(H,26,31)/t22-,23-/m1/s1. The molecule has 162 valence electrons. The zero-order valence-electron chi connectivity index (χ0n) is 18.1. The summed E-state index contributed by atoms with van der Waals surface area (Å²) in [7, 11) is 1.72. The first-order valence-electron chi connectivity index (χ1n) is 10.5. The maximum Gasteiger partial charge on any atom is 0.170 e. The van der Waals surface area contributed by atoms with Gasteiger partial charge in [0.2, 0.25) is 0 Å². The second kappa shape index (κ2) is 9.08. The summed E-state index contributed by atoms with van der Waals surface area (Å²) >= 11 is 5.75. The second-order valence-corrected chi connectivity index (χ2v) is 8.23. The van der Waals surface area contributed by atoms with E-state index in [0.29, 0.717) is 6.61 Å². The predicted molar refractivity (Wildman–Crippen MR) is 126 cm³/mol. The largest absolute Gasteiger partial charge is 0.508 e. The van der Waals surface area contributed by atoms with Crippen LogP contribution in [0.25, 0.3) is 5.69 Å². The summed E-state index contributed by atoms with van der Waals surface area (Å²) in [5.74, 6) is 0.260. The van der Waals surface area contributed by atoms with E-state index in [1.807, 2.05) is 36.5 Å². The molecule has 0 radical (unpaired) electrons. The molecule has 31 heavy (non-hydrogen) atoms. The molecule has 1 saturated heterocycles. The lowest BCUT2D eigenvalue weighted by molar-refractivity contribution is 0.180. The molecule has 0 aliphatic carbocycles. The number of rotatable bonds is 7. The Morgan fingerprint density at radius 2 is 1.94 bits per heavy atom. The number of pyridine rings is 1. The van der Waals surface area contributed by atoms with Gasteiger partial charge in [-0.15, -0.1) is 0 Å². The number of nitrogens with zero attached hydrogens (tertiary/aromatic N) is 3. The molecule has 7 heteroatoms. The molecule has 2 N–H and O–H groups in total. The number of benzene rings is 1. The maximum absolute atomic E-state index is 9.69. The summed E-state index contributed by atoms with van der Waals surface area (Å²) in [6, 6.07) is 15.5. The number of methoxy groups -OCH3 is 1. The van der Waals surface area contributed by atoms with Crippen LogP contribution < -0.4 is 5.32 Å². The van der Waals surface area contributed by atoms with Crippen LogP contribution in [0.15, 0.2) is 54.7 Å². The van der Waals surface area contributed by atoms with Crippen molar-refractivity contribution in [3.05, 3.63) is 77.4 Å². The third kappa shape index (κ3) is 4.16. The molecule has 3 aromatic rings. The van der Waals surface area contributed by atoms with Crippen molar-refractivity contribution in [2.24, 2.45) is 0 Å². The number of phenols is 1. The van der Waals surface area contributed by atoms with Gasteiger partial charge in [-0.2, -0.15) is 0 Å². The number of aryl methyl sites for hydroxylation is 1. The summed E-state index contributed by atoms with van der Waals surface area (Å²) < 4.78 is 7.50. The van der Waals surface area contributed by atoms with Crippen molar-refractivity contribution >= 4 is 17.3 Å². The van der Waals surface area contributed by atoms with Crippen LogP contribution in [0.3, 0.4) is 0 Å². The third-order valence-corrected chi connectivity index (χ3v) is 6.19. The van der Waals surface area contributed by atoms with Gasteiger partial charge in [0.1, 0.15) is 5.75 Å². The predicted octanol–water partition coefficient (Wildman–Crippen LogP) is 4.20. The van der Waals surface area contributed by atoms with Crippen LogP contribution in [0.1, 0.15) is 41.1 Å². The number of hydrogen-bond donors (Lipinski definition) is 2. The Labute approximate surface area is 188 Å². The number of aromatic hydroxyl groups is 1. The van der Waals surface area contributed by atoms with E-state index in [-0.39, 0.29) is 17.8 Å². The number of phenolic OH excluding ortho intramolecular Hbond substituents is 1. The average molecular weight is 437 g/mol. The summed E-state index contributed by atoms with van der Waals surface area (Å²) in [4.78, 5) is 6.88. The molecule has 0 amide bonds. The lowest BCUT2D eigenvalue weighted by Crippen LogP contribution is -2.31. The number of nitrogens with one attached hydrogen (secondary N) is 1. The quantitative estimate of drug-likeness (QED) is 0.428. The summed E-state index contributed by atoms with van der Waals surface area (Å²) in [6.45, 7) is 5.73. The van der Waals surface area contributed by atoms with E-state index in [9.17, 15) is 5.11 Å². The number of thiocarbonyl (C=S) groups is 1. The fraction of sp³-hybridized carbons (Fsp3) is 0.333. The molecule has 6 nitrogen and oxygen atoms in total. The van der Waals surface area contributed by atoms with Gasteiger partial charge in [-0.1, -0.05) is 6.07 Å². The second-order valence-electron chi connectivity index (χ2n) is 7.84. The molecule has 4 rings (SSSR count). The zero-order chi connectivity index (χ0) is 22.0. The van der Waals surface area contributed by atoms with Crippen molar-refractivity contribution in [3.63, 3.8) is 0 Å². The van der Waals surface area contributed by atoms with E-state index in [2.05, 4.69) is 39.7 Å². The number of hydrogen-bond acceptors (Lipinski definition) is 4. The van der Waals surface area contributed by atoms with Crippen LogP contribution in [-0.2, 0) is 4.74 Å². The molecule has 0 unspecified atom stereocenters. The molecule has 2 aromatic heterocycles. The van der Waals surface area contributed by atoms with Gasteiger partial charge in [0, 0.05) is 43.5 Å². The monoisotopic (exact) mass is 436 g/mol. The molecule has 0 bridgehead atoms. The van der Waals surface area contributed by atoms with Crippen LogP contribution in [0.5, 0.6) is 5.75 Å². The highest BCUT2D eigenvalue weighted by Crippen LogP contribution is 2.41. The SMILES string of the molecule is COCCCN1C(=S)N[C@H](c2ccccn2)[C@H]1c1cc(C)n(-c2ccc(O)cc2)c1C. The van der Waals surface area contributed by atoms with Gasteiger partial charge in [0.15, 0.2) is 5.11 Å². The number of aromatic nitrogens is 2. The fourth-order valence-corrected chi connectivity index (χ4v) is 4.78. The zero-order valence-corrected chi connectivity index (χ0v) is 18.9. The van der Waals surface area contributed by atoms with Gasteiger partial charge < -0.3 is 24.6 Å². The Kier molecular flexibility index (Phi) is 6.25. The van der Waals surface area contributed by atoms with Crippen molar-refractivity contribution in [2.75, 3.05) is 20.3 Å². The Morgan fingerprint density at radius 1 is 1.16 bits per heavy atom. The molecule has 1 aliphatic rings. The van der Waals surface area contributed by atoms with Crippen molar-refractivity contribution < 1.29 is 9.84 Å². The van der Waals surface area contributed by atoms with E-state index >= 15 is 0 Å². The summed E-state index contributed by atoms with van der Waals surface area (Å²) in [6.07, 6.45) is 2.71. The first-order chi connectivity index (χ1) is 15.0. The molecular weight excluding hydrogens is 408 g/mol. The lowest BCUT2D eigenvalue weighted by atomic mass is 9.96. The van der Waals surface area contributed by atoms with Crippen LogP contribution >= 0.6 is 12.2 Å². The van der Waals surface area contributed by atoms with E-state index in [1.165, 1.54) is 5.56 Å². The van der Waals surface area contributed by atoms with E-state index in [1.54, 1.807) is 19.2 Å². The van der Waals surface area contributed by atoms with Gasteiger partial charge in [0.25, 0.3) is 0 Å². The fourth-order valence-electron chi connectivity index (χ4n) is 4.45. The topological polar surface area (TPSA) is 62.5 Å². The molecule has 1 fully saturated rings. The Bertz CT molecular complexity index is 1050. The van der Waals surface area contributed by atoms with E-state index in [0.717, 1.165) is 40.8 Å². The van der Waals surface area contributed by atoms with Crippen molar-refractivity contribution in [1.82, 2.24) is 19.8 Å². The maximum atomic E-state index is 9.69. The van der Waals surface area contributed by atoms with Gasteiger partial charge in [-0.05, 0) is 80.5 Å². The summed E-state index contributed by atoms with van der Waals surface area (Å²) in [5, 5.41) is 13.9. The molecule has 1 aliphatic heterocycles. The normalized spacial score (nSPS) is 18.4. The minimum absolute atomic E-state index is 0.0244. The van der Waals surface area contributed by atoms with Crippen LogP contribution in [0.2, 0.25) is 0 Å². The Morgan fingerprint density at radius 3 is 2.61 bits per heavy atom. The van der Waals surface area contributed by atoms with Crippen LogP contribution in [0, 0.1) is 13.8 Å². The Hall–Kier alpha value is -2.90. The smallest absolute Gasteiger partial charge is 0.170 e. The van der Waals surface area contributed by atoms with Gasteiger partial charge in [0.05, 0.1) is 17.8 Å². The minimum atomic E-state index is -0.0370. The van der Waals surface area contributed by atoms with Gasteiger partial charge >= 0.3 is 0 Å². The molecule has 2 atom stereocenters. The number of ether oxygens (including phenoxy) is 1. The highest BCUT2D eigenvalue weighted by Gasteiger charge is 2.41. The first-order valence-corrected chi connectivity index (χ1v) is 10.9. The molecule has 3 heterocycles. The van der Waals surface area contributed by atoms with Crippen molar-refractivity contribution in [2.45, 2.75) is 32.4 Å². The van der Waals surface area contributed by atoms with Crippen molar-refractivity contribution in [3.8, 4) is 11.4 Å². The van der Waals surface area contributed by atoms with Crippen molar-refractivity contribution in [1.29, 1.82) is 0 Å². The minimum Gasteiger partial charge on any atom is -0.508 e. The van der Waals surface area contributed by atoms with Gasteiger partial charge in [-0.25, -0.2) is 0 Å². The molecule has 1 aromatic carbocycles. The summed E-state index contributed by atoms with van der Waals surface area (Å²) in [5.41, 5.74) is 5.49. The highest BCUT2D eigenvalue weighted by molar-refractivity contribution is 7.80. The van der Waals surface area contributed by atoms with Crippen LogP contribution in [-0.4, -0.2) is 44.9 Å². The molecular formula is C24H28N4O2S. The van der Waals surface area contributed by atoms with E-state index in [4.69, 9.17) is 17.0 Å². The third-order valence-electron chi connectivity index (χ3n) is 5.84. The Balaban J connectivity index is 1.78. The highest BCUT2D eigenvalue weighted by atomic mass is 32.1.